The first-order valence-corrected chi connectivity index (χ1v) is 6.26. The van der Waals surface area contributed by atoms with Crippen molar-refractivity contribution in [3.05, 3.63) is 11.8 Å². The SMILES string of the molecule is CC1CCCC(N)(C(=O)C2=COCCC2)C1. The zero-order valence-corrected chi connectivity index (χ0v) is 10.00. The van der Waals surface area contributed by atoms with Gasteiger partial charge in [-0.05, 0) is 31.6 Å². The number of Topliss-reactive ketones (excluding diaryl/α,β-unsaturated/α-hetero) is 1. The summed E-state index contributed by atoms with van der Waals surface area (Å²) < 4.78 is 5.23. The Morgan fingerprint density at radius 1 is 1.56 bits per heavy atom. The van der Waals surface area contributed by atoms with Crippen molar-refractivity contribution < 1.29 is 9.53 Å². The molecule has 0 aromatic rings. The molecule has 1 saturated carbocycles. The van der Waals surface area contributed by atoms with Crippen molar-refractivity contribution in [2.45, 2.75) is 51.0 Å². The first-order valence-electron chi connectivity index (χ1n) is 6.26. The second-order valence-corrected chi connectivity index (χ2v) is 5.30. The van der Waals surface area contributed by atoms with Crippen LogP contribution in [0.5, 0.6) is 0 Å². The summed E-state index contributed by atoms with van der Waals surface area (Å²) in [5, 5.41) is 0. The van der Waals surface area contributed by atoms with Gasteiger partial charge in [0.2, 0.25) is 0 Å². The monoisotopic (exact) mass is 223 g/mol. The molecular formula is C13H21NO2. The molecule has 2 atom stereocenters. The summed E-state index contributed by atoms with van der Waals surface area (Å²) in [6, 6.07) is 0. The molecule has 0 spiro atoms. The fourth-order valence-electron chi connectivity index (χ4n) is 2.85. The Hall–Kier alpha value is -0.830. The topological polar surface area (TPSA) is 52.3 Å². The minimum absolute atomic E-state index is 0.124. The van der Waals surface area contributed by atoms with E-state index in [1.54, 1.807) is 6.26 Å². The largest absolute Gasteiger partial charge is 0.501 e. The molecule has 1 aliphatic carbocycles. The van der Waals surface area contributed by atoms with Crippen LogP contribution in [0.4, 0.5) is 0 Å². The molecular weight excluding hydrogens is 202 g/mol. The van der Waals surface area contributed by atoms with E-state index in [0.717, 1.165) is 44.3 Å². The van der Waals surface area contributed by atoms with E-state index in [9.17, 15) is 4.79 Å². The minimum atomic E-state index is -0.621. The fourth-order valence-corrected chi connectivity index (χ4v) is 2.85. The molecule has 2 rings (SSSR count). The van der Waals surface area contributed by atoms with Gasteiger partial charge in [0.25, 0.3) is 0 Å². The van der Waals surface area contributed by atoms with E-state index in [4.69, 9.17) is 10.5 Å². The zero-order valence-electron chi connectivity index (χ0n) is 10.00. The predicted octanol–water partition coefficient (Wildman–Crippen LogP) is 2.16. The van der Waals surface area contributed by atoms with Crippen molar-refractivity contribution in [1.29, 1.82) is 0 Å². The second-order valence-electron chi connectivity index (χ2n) is 5.30. The summed E-state index contributed by atoms with van der Waals surface area (Å²) in [4.78, 5) is 12.3. The molecule has 3 nitrogen and oxygen atoms in total. The van der Waals surface area contributed by atoms with E-state index in [1.807, 2.05) is 0 Å². The van der Waals surface area contributed by atoms with Gasteiger partial charge in [0.1, 0.15) is 0 Å². The number of carbonyl (C=O) groups is 1. The van der Waals surface area contributed by atoms with Crippen molar-refractivity contribution in [3.63, 3.8) is 0 Å². The Morgan fingerprint density at radius 3 is 3.00 bits per heavy atom. The summed E-state index contributed by atoms with van der Waals surface area (Å²) in [6.07, 6.45) is 7.30. The van der Waals surface area contributed by atoms with Crippen LogP contribution in [0.25, 0.3) is 0 Å². The van der Waals surface area contributed by atoms with Crippen LogP contribution < -0.4 is 5.73 Å². The molecule has 2 N–H and O–H groups in total. The van der Waals surface area contributed by atoms with Gasteiger partial charge in [-0.1, -0.05) is 19.8 Å². The lowest BCUT2D eigenvalue weighted by Crippen LogP contribution is -2.51. The van der Waals surface area contributed by atoms with Crippen molar-refractivity contribution in [2.75, 3.05) is 6.61 Å². The molecule has 1 fully saturated rings. The maximum atomic E-state index is 12.3. The van der Waals surface area contributed by atoms with E-state index < -0.39 is 5.54 Å². The van der Waals surface area contributed by atoms with Crippen LogP contribution in [-0.4, -0.2) is 17.9 Å². The molecule has 2 unspecified atom stereocenters. The van der Waals surface area contributed by atoms with Crippen LogP contribution >= 0.6 is 0 Å². The number of nitrogens with two attached hydrogens (primary N) is 1. The first kappa shape index (κ1) is 11.6. The molecule has 16 heavy (non-hydrogen) atoms. The molecule has 1 heterocycles. The van der Waals surface area contributed by atoms with Gasteiger partial charge in [0.15, 0.2) is 5.78 Å². The molecule has 0 radical (unpaired) electrons. The van der Waals surface area contributed by atoms with Gasteiger partial charge >= 0.3 is 0 Å². The summed E-state index contributed by atoms with van der Waals surface area (Å²) in [5.41, 5.74) is 6.45. The smallest absolute Gasteiger partial charge is 0.181 e. The maximum absolute atomic E-state index is 12.3. The van der Waals surface area contributed by atoms with Gasteiger partial charge in [-0.2, -0.15) is 0 Å². The summed E-state index contributed by atoms with van der Waals surface area (Å²) in [7, 11) is 0. The fraction of sp³-hybridized carbons (Fsp3) is 0.769. The zero-order chi connectivity index (χ0) is 11.6. The average Bonchev–Trinajstić information content (AvgIpc) is 2.29. The minimum Gasteiger partial charge on any atom is -0.501 e. The maximum Gasteiger partial charge on any atom is 0.181 e. The van der Waals surface area contributed by atoms with Crippen LogP contribution in [0.1, 0.15) is 45.4 Å². The number of rotatable bonds is 2. The van der Waals surface area contributed by atoms with Crippen LogP contribution in [0, 0.1) is 5.92 Å². The lowest BCUT2D eigenvalue weighted by molar-refractivity contribution is -0.122. The van der Waals surface area contributed by atoms with E-state index in [-0.39, 0.29) is 5.78 Å². The molecule has 2 aliphatic rings. The molecule has 0 amide bonds. The van der Waals surface area contributed by atoms with Gasteiger partial charge in [0.05, 0.1) is 18.4 Å². The Bertz CT molecular complexity index is 311. The highest BCUT2D eigenvalue weighted by Gasteiger charge is 2.39. The number of hydrogen-bond acceptors (Lipinski definition) is 3. The third-order valence-electron chi connectivity index (χ3n) is 3.71. The molecule has 90 valence electrons. The Balaban J connectivity index is 2.10. The average molecular weight is 223 g/mol. The third-order valence-corrected chi connectivity index (χ3v) is 3.71. The van der Waals surface area contributed by atoms with E-state index >= 15 is 0 Å². The highest BCUT2D eigenvalue weighted by atomic mass is 16.5. The van der Waals surface area contributed by atoms with Crippen molar-refractivity contribution in [3.8, 4) is 0 Å². The molecule has 0 bridgehead atoms. The highest BCUT2D eigenvalue weighted by molar-refractivity contribution is 6.02. The van der Waals surface area contributed by atoms with E-state index in [2.05, 4.69) is 6.92 Å². The quantitative estimate of drug-likeness (QED) is 0.780. The number of carbonyl (C=O) groups excluding carboxylic acids is 1. The van der Waals surface area contributed by atoms with E-state index in [1.165, 1.54) is 6.42 Å². The number of ketones is 1. The normalized spacial score (nSPS) is 35.1. The molecule has 3 heteroatoms. The molecule has 1 aliphatic heterocycles. The van der Waals surface area contributed by atoms with Crippen molar-refractivity contribution in [2.24, 2.45) is 11.7 Å². The van der Waals surface area contributed by atoms with Gasteiger partial charge < -0.3 is 10.5 Å². The predicted molar refractivity (Wildman–Crippen MR) is 62.8 cm³/mol. The molecule has 0 aromatic heterocycles. The Labute approximate surface area is 97.0 Å². The van der Waals surface area contributed by atoms with Gasteiger partial charge in [-0.25, -0.2) is 0 Å². The summed E-state index contributed by atoms with van der Waals surface area (Å²) in [5.74, 6) is 0.687. The standard InChI is InChI=1S/C13H21NO2/c1-10-4-2-6-13(14,8-10)12(15)11-5-3-7-16-9-11/h9-10H,2-8,14H2,1H3. The lowest BCUT2D eigenvalue weighted by atomic mass is 9.72. The first-order chi connectivity index (χ1) is 7.62. The van der Waals surface area contributed by atoms with Gasteiger partial charge in [-0.3, -0.25) is 4.79 Å². The van der Waals surface area contributed by atoms with Crippen LogP contribution in [0.3, 0.4) is 0 Å². The summed E-state index contributed by atoms with van der Waals surface area (Å²) >= 11 is 0. The lowest BCUT2D eigenvalue weighted by Gasteiger charge is -2.36. The van der Waals surface area contributed by atoms with Crippen LogP contribution in [-0.2, 0) is 9.53 Å². The van der Waals surface area contributed by atoms with Crippen LogP contribution in [0.15, 0.2) is 11.8 Å². The van der Waals surface area contributed by atoms with E-state index in [0.29, 0.717) is 5.92 Å². The molecule has 0 aromatic carbocycles. The number of ether oxygens (including phenoxy) is 1. The molecule has 0 saturated heterocycles. The van der Waals surface area contributed by atoms with Crippen molar-refractivity contribution in [1.82, 2.24) is 0 Å². The second kappa shape index (κ2) is 4.58. The Kier molecular flexibility index (Phi) is 3.33. The Morgan fingerprint density at radius 2 is 2.38 bits per heavy atom. The van der Waals surface area contributed by atoms with Gasteiger partial charge in [-0.15, -0.1) is 0 Å². The summed E-state index contributed by atoms with van der Waals surface area (Å²) in [6.45, 7) is 2.91. The highest BCUT2D eigenvalue weighted by Crippen LogP contribution is 2.33. The number of hydrogen-bond donors (Lipinski definition) is 1. The van der Waals surface area contributed by atoms with Crippen molar-refractivity contribution >= 4 is 5.78 Å². The third kappa shape index (κ3) is 2.29. The van der Waals surface area contributed by atoms with Gasteiger partial charge in [0, 0.05) is 5.57 Å². The van der Waals surface area contributed by atoms with Crippen LogP contribution in [0.2, 0.25) is 0 Å².